The van der Waals surface area contributed by atoms with Gasteiger partial charge in [-0.05, 0) is 57.8 Å². The van der Waals surface area contributed by atoms with E-state index in [1.165, 1.54) is 315 Å². The van der Waals surface area contributed by atoms with E-state index in [9.17, 15) is 19.8 Å². The molecule has 2 atom stereocenters. The van der Waals surface area contributed by atoms with Gasteiger partial charge in [-0.1, -0.05) is 346 Å². The van der Waals surface area contributed by atoms with Crippen LogP contribution < -0.4 is 5.32 Å². The van der Waals surface area contributed by atoms with Gasteiger partial charge in [0.15, 0.2) is 0 Å². The second kappa shape index (κ2) is 66.8. The zero-order chi connectivity index (χ0) is 55.7. The predicted molar refractivity (Wildman–Crippen MR) is 338 cm³/mol. The van der Waals surface area contributed by atoms with E-state index < -0.39 is 12.1 Å². The SMILES string of the molecule is CCCCCCCCCCCCCCCCC(=O)OCCCCCCCCCCC/C=C\C/C=C\CCCCCCCCCCCCCCCCCCCC(=O)NC(CO)C(O)CCCCCCCCCCCCCCC. The molecule has 1 amide bonds. The summed E-state index contributed by atoms with van der Waals surface area (Å²) in [5.41, 5.74) is 0. The Hall–Kier alpha value is -1.66. The van der Waals surface area contributed by atoms with Crippen molar-refractivity contribution in [1.82, 2.24) is 5.32 Å². The molecular weight excluding hydrogens is 947 g/mol. The summed E-state index contributed by atoms with van der Waals surface area (Å²) in [5.74, 6) is -0.0141. The zero-order valence-electron chi connectivity index (χ0n) is 52.2. The molecular formula is C71H137NO5. The largest absolute Gasteiger partial charge is 0.466 e. The molecule has 6 nitrogen and oxygen atoms in total. The van der Waals surface area contributed by atoms with Crippen molar-refractivity contribution in [2.75, 3.05) is 13.2 Å². The van der Waals surface area contributed by atoms with E-state index >= 15 is 0 Å². The summed E-state index contributed by atoms with van der Waals surface area (Å²) < 4.78 is 5.49. The van der Waals surface area contributed by atoms with Gasteiger partial charge in [-0.3, -0.25) is 9.59 Å². The highest BCUT2D eigenvalue weighted by molar-refractivity contribution is 5.76. The molecule has 0 aromatic heterocycles. The molecule has 0 radical (unpaired) electrons. The summed E-state index contributed by atoms with van der Waals surface area (Å²) in [6.45, 7) is 4.98. The van der Waals surface area contributed by atoms with Gasteiger partial charge in [-0.2, -0.15) is 0 Å². The fourth-order valence-corrected chi connectivity index (χ4v) is 11.1. The van der Waals surface area contributed by atoms with Crippen LogP contribution in [-0.2, 0) is 14.3 Å². The van der Waals surface area contributed by atoms with Crippen molar-refractivity contribution in [2.45, 2.75) is 405 Å². The van der Waals surface area contributed by atoms with Gasteiger partial charge in [0.25, 0.3) is 0 Å². The first-order chi connectivity index (χ1) is 38.0. The molecule has 0 aliphatic rings. The number of unbranched alkanes of at least 4 members (excludes halogenated alkanes) is 51. The Labute approximate surface area is 481 Å². The molecule has 0 saturated heterocycles. The van der Waals surface area contributed by atoms with E-state index in [1.54, 1.807) is 0 Å². The second-order valence-corrected chi connectivity index (χ2v) is 24.2. The lowest BCUT2D eigenvalue weighted by atomic mass is 10.0. The number of aliphatic hydroxyl groups excluding tert-OH is 2. The molecule has 6 heteroatoms. The van der Waals surface area contributed by atoms with Crippen LogP contribution in [0.3, 0.4) is 0 Å². The maximum Gasteiger partial charge on any atom is 0.305 e. The van der Waals surface area contributed by atoms with Gasteiger partial charge in [0.1, 0.15) is 0 Å². The summed E-state index contributed by atoms with van der Waals surface area (Å²) in [6, 6.07) is -0.539. The van der Waals surface area contributed by atoms with Crippen molar-refractivity contribution >= 4 is 11.9 Å². The number of hydrogen-bond acceptors (Lipinski definition) is 5. The molecule has 0 aromatic carbocycles. The van der Waals surface area contributed by atoms with Crippen LogP contribution in [0.25, 0.3) is 0 Å². The van der Waals surface area contributed by atoms with E-state index in [-0.39, 0.29) is 18.5 Å². The Morgan fingerprint density at radius 2 is 0.649 bits per heavy atom. The first kappa shape index (κ1) is 75.3. The zero-order valence-corrected chi connectivity index (χ0v) is 52.2. The van der Waals surface area contributed by atoms with Gasteiger partial charge in [0.05, 0.1) is 25.4 Å². The number of carbonyl (C=O) groups excluding carboxylic acids is 2. The molecule has 456 valence electrons. The maximum absolute atomic E-state index is 12.5. The normalized spacial score (nSPS) is 12.6. The van der Waals surface area contributed by atoms with E-state index in [0.717, 1.165) is 44.9 Å². The molecule has 77 heavy (non-hydrogen) atoms. The number of allylic oxidation sites excluding steroid dienone is 4. The Kier molecular flexibility index (Phi) is 65.4. The van der Waals surface area contributed by atoms with Gasteiger partial charge in [-0.15, -0.1) is 0 Å². The molecule has 0 bridgehead atoms. The van der Waals surface area contributed by atoms with Crippen molar-refractivity contribution in [3.8, 4) is 0 Å². The summed E-state index contributed by atoms with van der Waals surface area (Å²) in [6.07, 6.45) is 83.8. The highest BCUT2D eigenvalue weighted by atomic mass is 16.5. The van der Waals surface area contributed by atoms with Gasteiger partial charge in [0.2, 0.25) is 5.91 Å². The van der Waals surface area contributed by atoms with Crippen LogP contribution in [0.2, 0.25) is 0 Å². The third-order valence-corrected chi connectivity index (χ3v) is 16.5. The Balaban J connectivity index is 3.36. The number of ether oxygens (including phenoxy) is 1. The number of hydrogen-bond donors (Lipinski definition) is 3. The molecule has 0 fully saturated rings. The average molecular weight is 1080 g/mol. The summed E-state index contributed by atoms with van der Waals surface area (Å²) >= 11 is 0. The van der Waals surface area contributed by atoms with E-state index in [1.807, 2.05) is 0 Å². The third kappa shape index (κ3) is 63.4. The lowest BCUT2D eigenvalue weighted by molar-refractivity contribution is -0.143. The minimum atomic E-state index is -0.662. The van der Waals surface area contributed by atoms with Gasteiger partial charge in [0, 0.05) is 12.8 Å². The highest BCUT2D eigenvalue weighted by Gasteiger charge is 2.20. The van der Waals surface area contributed by atoms with Crippen LogP contribution in [0, 0.1) is 0 Å². The molecule has 2 unspecified atom stereocenters. The van der Waals surface area contributed by atoms with Crippen molar-refractivity contribution in [3.05, 3.63) is 24.3 Å². The van der Waals surface area contributed by atoms with Crippen LogP contribution >= 0.6 is 0 Å². The number of amides is 1. The van der Waals surface area contributed by atoms with Crippen molar-refractivity contribution in [2.24, 2.45) is 0 Å². The van der Waals surface area contributed by atoms with Gasteiger partial charge in [-0.25, -0.2) is 0 Å². The van der Waals surface area contributed by atoms with Crippen LogP contribution in [0.15, 0.2) is 24.3 Å². The lowest BCUT2D eigenvalue weighted by Gasteiger charge is -2.22. The topological polar surface area (TPSA) is 95.9 Å². The molecule has 0 aliphatic heterocycles. The highest BCUT2D eigenvalue weighted by Crippen LogP contribution is 2.19. The standard InChI is InChI=1S/C71H137NO5/c1-3-5-7-9-11-13-15-17-41-45-49-53-57-61-65-71(76)77-66-62-58-54-50-46-42-38-36-34-32-30-28-26-24-22-20-18-19-21-23-25-27-29-31-33-35-37-40-44-48-52-56-60-64-70(75)72-68(67-73)69(74)63-59-55-51-47-43-39-16-14-12-10-8-6-4-2/h22,24,28,30,68-69,73-74H,3-21,23,25-27,29,31-67H2,1-2H3,(H,72,75)/b24-22-,30-28-. The molecule has 0 spiro atoms. The monoisotopic (exact) mass is 1080 g/mol. The molecule has 0 aliphatic carbocycles. The fraction of sp³-hybridized carbons (Fsp3) is 0.915. The van der Waals surface area contributed by atoms with E-state index in [0.29, 0.717) is 25.9 Å². The van der Waals surface area contributed by atoms with Crippen molar-refractivity contribution in [3.63, 3.8) is 0 Å². The van der Waals surface area contributed by atoms with Gasteiger partial charge < -0.3 is 20.3 Å². The molecule has 3 N–H and O–H groups in total. The fourth-order valence-electron chi connectivity index (χ4n) is 11.1. The van der Waals surface area contributed by atoms with Crippen molar-refractivity contribution < 1.29 is 24.5 Å². The van der Waals surface area contributed by atoms with Gasteiger partial charge >= 0.3 is 5.97 Å². The first-order valence-electron chi connectivity index (χ1n) is 35.1. The summed E-state index contributed by atoms with van der Waals surface area (Å²) in [7, 11) is 0. The van der Waals surface area contributed by atoms with E-state index in [4.69, 9.17) is 4.74 Å². The predicted octanol–water partition coefficient (Wildman–Crippen LogP) is 22.5. The van der Waals surface area contributed by atoms with Crippen LogP contribution in [0.4, 0.5) is 0 Å². The first-order valence-corrected chi connectivity index (χ1v) is 35.1. The molecule has 0 rings (SSSR count). The average Bonchev–Trinajstić information content (AvgIpc) is 3.43. The lowest BCUT2D eigenvalue weighted by Crippen LogP contribution is -2.45. The number of rotatable bonds is 66. The Morgan fingerprint density at radius 3 is 0.987 bits per heavy atom. The third-order valence-electron chi connectivity index (χ3n) is 16.5. The summed E-state index contributed by atoms with van der Waals surface area (Å²) in [4.78, 5) is 24.5. The smallest absolute Gasteiger partial charge is 0.305 e. The second-order valence-electron chi connectivity index (χ2n) is 24.2. The molecule has 0 aromatic rings. The summed E-state index contributed by atoms with van der Waals surface area (Å²) in [5, 5.41) is 23.3. The molecule has 0 heterocycles. The van der Waals surface area contributed by atoms with Crippen LogP contribution in [0.5, 0.6) is 0 Å². The maximum atomic E-state index is 12.5. The Bertz CT molecular complexity index is 1200. The minimum absolute atomic E-state index is 0.0170. The van der Waals surface area contributed by atoms with E-state index in [2.05, 4.69) is 43.5 Å². The Morgan fingerprint density at radius 1 is 0.364 bits per heavy atom. The quantitative estimate of drug-likeness (QED) is 0.0320. The minimum Gasteiger partial charge on any atom is -0.466 e. The number of carbonyl (C=O) groups is 2. The number of aliphatic hydroxyl groups is 2. The number of nitrogens with one attached hydrogen (secondary N) is 1. The van der Waals surface area contributed by atoms with Crippen LogP contribution in [0.1, 0.15) is 393 Å². The van der Waals surface area contributed by atoms with Crippen LogP contribution in [-0.4, -0.2) is 47.4 Å². The molecule has 0 saturated carbocycles. The van der Waals surface area contributed by atoms with Crippen molar-refractivity contribution in [1.29, 1.82) is 0 Å². The number of esters is 1.